The molecule has 0 spiro atoms. The molecule has 0 bridgehead atoms. The summed E-state index contributed by atoms with van der Waals surface area (Å²) >= 11 is 0. The minimum atomic E-state index is 0. The van der Waals surface area contributed by atoms with E-state index in [1.165, 1.54) is 193 Å². The quantitative estimate of drug-likeness (QED) is 0.0434. The maximum absolute atomic E-state index is 6.38. The van der Waals surface area contributed by atoms with Gasteiger partial charge in [-0.05, 0) is 64.2 Å². The van der Waals surface area contributed by atoms with Crippen LogP contribution < -0.4 is 5.73 Å². The molecule has 0 amide bonds. The minimum Gasteiger partial charge on any atom is -0.328 e. The Morgan fingerprint density at radius 1 is 0.359 bits per heavy atom. The van der Waals surface area contributed by atoms with Gasteiger partial charge >= 0.3 is 0 Å². The van der Waals surface area contributed by atoms with Crippen molar-refractivity contribution in [3.05, 3.63) is 24.3 Å². The highest BCUT2D eigenvalue weighted by Crippen LogP contribution is 2.15. The van der Waals surface area contributed by atoms with Crippen LogP contribution in [0.15, 0.2) is 24.3 Å². The third-order valence-electron chi connectivity index (χ3n) is 8.17. The van der Waals surface area contributed by atoms with Gasteiger partial charge in [0.2, 0.25) is 0 Å². The molecule has 0 aliphatic rings. The predicted molar refractivity (Wildman–Crippen MR) is 192 cm³/mol. The van der Waals surface area contributed by atoms with Crippen LogP contribution in [0.3, 0.4) is 0 Å². The van der Waals surface area contributed by atoms with Gasteiger partial charge in [0.1, 0.15) is 0 Å². The van der Waals surface area contributed by atoms with Crippen LogP contribution in [0.4, 0.5) is 0 Å². The van der Waals surface area contributed by atoms with Gasteiger partial charge in [0.15, 0.2) is 0 Å². The van der Waals surface area contributed by atoms with Gasteiger partial charge < -0.3 is 5.73 Å². The molecule has 2 N–H and O–H groups in total. The highest BCUT2D eigenvalue weighted by molar-refractivity contribution is 14.0. The molecule has 0 fully saturated rings. The molecule has 0 aromatic carbocycles. The number of allylic oxidation sites excluding steroid dienone is 4. The molecule has 2 heteroatoms. The molecule has 0 unspecified atom stereocenters. The maximum Gasteiger partial charge on any atom is 0.00388 e. The molecule has 0 heterocycles. The highest BCUT2D eigenvalue weighted by atomic mass is 127. The van der Waals surface area contributed by atoms with E-state index in [0.29, 0.717) is 6.04 Å². The lowest BCUT2D eigenvalue weighted by Crippen LogP contribution is -2.19. The number of hydrogen-bond donors (Lipinski definition) is 1. The summed E-state index contributed by atoms with van der Waals surface area (Å²) in [4.78, 5) is 0. The first kappa shape index (κ1) is 41.3. The molecular formula is C37H74IN. The Bertz CT molecular complexity index is 430. The van der Waals surface area contributed by atoms with E-state index in [9.17, 15) is 0 Å². The Hall–Kier alpha value is 0.170. The molecular weight excluding hydrogens is 585 g/mol. The molecule has 0 aliphatic carbocycles. The van der Waals surface area contributed by atoms with Gasteiger partial charge in [0, 0.05) is 6.04 Å². The zero-order chi connectivity index (χ0) is 27.6. The highest BCUT2D eigenvalue weighted by Gasteiger charge is 2.02. The van der Waals surface area contributed by atoms with Gasteiger partial charge in [-0.3, -0.25) is 0 Å². The number of halogens is 1. The average Bonchev–Trinajstić information content (AvgIpc) is 2.92. The summed E-state index contributed by atoms with van der Waals surface area (Å²) in [6.45, 7) is 4.58. The Morgan fingerprint density at radius 2 is 0.590 bits per heavy atom. The van der Waals surface area contributed by atoms with Crippen molar-refractivity contribution < 1.29 is 0 Å². The molecule has 0 aliphatic heterocycles. The third-order valence-corrected chi connectivity index (χ3v) is 8.17. The molecule has 39 heavy (non-hydrogen) atoms. The first-order valence-corrected chi connectivity index (χ1v) is 17.9. The topological polar surface area (TPSA) is 26.0 Å². The molecule has 234 valence electrons. The van der Waals surface area contributed by atoms with Crippen LogP contribution in [0.25, 0.3) is 0 Å². The molecule has 0 aromatic rings. The Kier molecular flexibility index (Phi) is 40.4. The molecule has 0 atom stereocenters. The van der Waals surface area contributed by atoms with Gasteiger partial charge in [-0.1, -0.05) is 167 Å². The van der Waals surface area contributed by atoms with Crippen molar-refractivity contribution in [2.75, 3.05) is 0 Å². The van der Waals surface area contributed by atoms with Crippen molar-refractivity contribution in [3.63, 3.8) is 0 Å². The summed E-state index contributed by atoms with van der Waals surface area (Å²) < 4.78 is 0. The standard InChI is InChI=1S/C37H73N.HI/c1-3-5-7-9-11-13-15-17-19-21-23-25-27-29-31-33-35-37(38)36-34-32-30-28-26-24-22-20-18-16-14-12-10-8-6-4-2;/h17-20,37H,3-16,21-36,38H2,1-2H3;1H/b19-17-,20-18-;. The third kappa shape index (κ3) is 38.2. The van der Waals surface area contributed by atoms with Crippen LogP contribution in [-0.4, -0.2) is 6.04 Å². The lowest BCUT2D eigenvalue weighted by Gasteiger charge is -2.11. The smallest absolute Gasteiger partial charge is 0.00388 e. The van der Waals surface area contributed by atoms with Crippen LogP contribution in [0, 0.1) is 0 Å². The van der Waals surface area contributed by atoms with Gasteiger partial charge in [0.05, 0.1) is 0 Å². The lowest BCUT2D eigenvalue weighted by molar-refractivity contribution is 0.482. The summed E-state index contributed by atoms with van der Waals surface area (Å²) in [6.07, 6.45) is 50.9. The summed E-state index contributed by atoms with van der Waals surface area (Å²) in [7, 11) is 0. The minimum absolute atomic E-state index is 0. The maximum atomic E-state index is 6.38. The van der Waals surface area contributed by atoms with E-state index in [0.717, 1.165) is 0 Å². The first-order chi connectivity index (χ1) is 18.8. The number of nitrogens with two attached hydrogens (primary N) is 1. The van der Waals surface area contributed by atoms with Crippen LogP contribution >= 0.6 is 24.0 Å². The second-order valence-corrected chi connectivity index (χ2v) is 12.2. The van der Waals surface area contributed by atoms with E-state index in [2.05, 4.69) is 38.2 Å². The summed E-state index contributed by atoms with van der Waals surface area (Å²) in [5.74, 6) is 0. The molecule has 0 saturated heterocycles. The Labute approximate surface area is 265 Å². The van der Waals surface area contributed by atoms with Gasteiger partial charge in [0.25, 0.3) is 0 Å². The van der Waals surface area contributed by atoms with Gasteiger partial charge in [-0.15, -0.1) is 24.0 Å². The van der Waals surface area contributed by atoms with E-state index in [4.69, 9.17) is 5.73 Å². The van der Waals surface area contributed by atoms with Crippen molar-refractivity contribution >= 4 is 24.0 Å². The molecule has 0 saturated carbocycles. The van der Waals surface area contributed by atoms with Gasteiger partial charge in [-0.25, -0.2) is 0 Å². The van der Waals surface area contributed by atoms with Crippen molar-refractivity contribution in [1.82, 2.24) is 0 Å². The lowest BCUT2D eigenvalue weighted by atomic mass is 10.0. The van der Waals surface area contributed by atoms with Crippen LogP contribution in [-0.2, 0) is 0 Å². The van der Waals surface area contributed by atoms with Crippen LogP contribution in [0.1, 0.15) is 206 Å². The van der Waals surface area contributed by atoms with E-state index in [-0.39, 0.29) is 24.0 Å². The fraction of sp³-hybridized carbons (Fsp3) is 0.892. The van der Waals surface area contributed by atoms with E-state index in [1.54, 1.807) is 0 Å². The molecule has 1 nitrogen and oxygen atoms in total. The van der Waals surface area contributed by atoms with Crippen molar-refractivity contribution in [2.24, 2.45) is 5.73 Å². The normalized spacial score (nSPS) is 11.8. The van der Waals surface area contributed by atoms with Crippen molar-refractivity contribution in [3.8, 4) is 0 Å². The van der Waals surface area contributed by atoms with E-state index >= 15 is 0 Å². The first-order valence-electron chi connectivity index (χ1n) is 17.9. The molecule has 0 aromatic heterocycles. The number of rotatable bonds is 32. The van der Waals surface area contributed by atoms with E-state index < -0.39 is 0 Å². The fourth-order valence-electron chi connectivity index (χ4n) is 5.45. The van der Waals surface area contributed by atoms with Crippen molar-refractivity contribution in [2.45, 2.75) is 213 Å². The largest absolute Gasteiger partial charge is 0.328 e. The van der Waals surface area contributed by atoms with Crippen LogP contribution in [0.5, 0.6) is 0 Å². The van der Waals surface area contributed by atoms with Gasteiger partial charge in [-0.2, -0.15) is 0 Å². The van der Waals surface area contributed by atoms with E-state index in [1.807, 2.05) is 0 Å². The monoisotopic (exact) mass is 659 g/mol. The second kappa shape index (κ2) is 38.2. The summed E-state index contributed by atoms with van der Waals surface area (Å²) in [5, 5.41) is 0. The predicted octanol–water partition coefficient (Wildman–Crippen LogP) is 13.8. The number of hydrogen-bond acceptors (Lipinski definition) is 1. The summed E-state index contributed by atoms with van der Waals surface area (Å²) in [5.41, 5.74) is 6.38. The molecule has 0 rings (SSSR count). The van der Waals surface area contributed by atoms with Crippen molar-refractivity contribution in [1.29, 1.82) is 0 Å². The SMILES string of the molecule is CCCCCCCC/C=C\CCCCCCCCC(N)CCCCCCCC/C=C\CCCCCCCC.I. The zero-order valence-corrected chi connectivity index (χ0v) is 29.4. The Morgan fingerprint density at radius 3 is 0.872 bits per heavy atom. The van der Waals surface area contributed by atoms with Crippen LogP contribution in [0.2, 0.25) is 0 Å². The fourth-order valence-corrected chi connectivity index (χ4v) is 5.45. The average molecular weight is 660 g/mol. The number of unbranched alkanes of at least 4 members (excludes halogenated alkanes) is 24. The second-order valence-electron chi connectivity index (χ2n) is 12.2. The Balaban J connectivity index is 0. The summed E-state index contributed by atoms with van der Waals surface area (Å²) in [6, 6.07) is 0.448. The zero-order valence-electron chi connectivity index (χ0n) is 27.1. The molecule has 0 radical (unpaired) electrons.